The Morgan fingerprint density at radius 1 is 1.24 bits per heavy atom. The second kappa shape index (κ2) is 6.43. The van der Waals surface area contributed by atoms with Crippen molar-refractivity contribution in [3.8, 4) is 0 Å². The van der Waals surface area contributed by atoms with E-state index in [4.69, 9.17) is 5.10 Å². The lowest BCUT2D eigenvalue weighted by Gasteiger charge is -2.09. The summed E-state index contributed by atoms with van der Waals surface area (Å²) >= 11 is 0. The minimum absolute atomic E-state index is 0.483. The van der Waals surface area contributed by atoms with Crippen molar-refractivity contribution in [2.45, 2.75) is 60.2 Å². The van der Waals surface area contributed by atoms with Gasteiger partial charge in [-0.15, -0.1) is 0 Å². The largest absolute Gasteiger partial charge is 0.310 e. The Labute approximate surface area is 127 Å². The zero-order chi connectivity index (χ0) is 15.6. The second-order valence-electron chi connectivity index (χ2n) is 5.95. The molecule has 0 aliphatic heterocycles. The number of nitrogens with zero attached hydrogens (tertiary/aromatic N) is 4. The number of hydrogen-bond donors (Lipinski definition) is 1. The zero-order valence-corrected chi connectivity index (χ0v) is 14.1. The first-order chi connectivity index (χ1) is 9.92. The molecule has 21 heavy (non-hydrogen) atoms. The Morgan fingerprint density at radius 3 is 2.52 bits per heavy atom. The average Bonchev–Trinajstić information content (AvgIpc) is 2.90. The van der Waals surface area contributed by atoms with Gasteiger partial charge in [-0.05, 0) is 26.3 Å². The molecule has 0 fully saturated rings. The van der Waals surface area contributed by atoms with Crippen LogP contribution in [-0.2, 0) is 26.6 Å². The van der Waals surface area contributed by atoms with E-state index in [2.05, 4.69) is 55.8 Å². The van der Waals surface area contributed by atoms with Gasteiger partial charge in [0.2, 0.25) is 0 Å². The van der Waals surface area contributed by atoms with Crippen molar-refractivity contribution in [3.63, 3.8) is 0 Å². The molecule has 2 aromatic rings. The van der Waals surface area contributed by atoms with Gasteiger partial charge in [0, 0.05) is 30.9 Å². The topological polar surface area (TPSA) is 47.7 Å². The van der Waals surface area contributed by atoms with E-state index in [1.54, 1.807) is 0 Å². The fourth-order valence-corrected chi connectivity index (χ4v) is 2.50. The van der Waals surface area contributed by atoms with Crippen molar-refractivity contribution in [2.24, 2.45) is 7.05 Å². The van der Waals surface area contributed by atoms with Gasteiger partial charge in [0.1, 0.15) is 0 Å². The summed E-state index contributed by atoms with van der Waals surface area (Å²) < 4.78 is 4.05. The predicted octanol–water partition coefficient (Wildman–Crippen LogP) is 2.34. The van der Waals surface area contributed by atoms with Crippen LogP contribution in [0.5, 0.6) is 0 Å². The first-order valence-electron chi connectivity index (χ1n) is 7.70. The summed E-state index contributed by atoms with van der Waals surface area (Å²) in [5, 5.41) is 12.7. The molecule has 2 aromatic heterocycles. The van der Waals surface area contributed by atoms with Crippen molar-refractivity contribution in [1.29, 1.82) is 0 Å². The van der Waals surface area contributed by atoms with Crippen molar-refractivity contribution < 1.29 is 0 Å². The molecule has 2 heterocycles. The van der Waals surface area contributed by atoms with Crippen LogP contribution in [0.15, 0.2) is 6.07 Å². The molecule has 0 saturated carbocycles. The summed E-state index contributed by atoms with van der Waals surface area (Å²) in [6, 6.07) is 2.65. The Bertz CT molecular complexity index is 606. The standard InChI is InChI=1S/C16H27N5/c1-7-14-8-15(20(6)19-14)10-21-13(5)16(12(4)18-21)9-17-11(2)3/h8,11,17H,7,9-10H2,1-6H3. The molecule has 0 radical (unpaired) electrons. The lowest BCUT2D eigenvalue weighted by molar-refractivity contribution is 0.581. The summed E-state index contributed by atoms with van der Waals surface area (Å²) in [5.41, 5.74) is 5.98. The highest BCUT2D eigenvalue weighted by Gasteiger charge is 2.13. The molecule has 2 rings (SSSR count). The van der Waals surface area contributed by atoms with E-state index in [1.165, 1.54) is 17.0 Å². The first-order valence-corrected chi connectivity index (χ1v) is 7.70. The van der Waals surface area contributed by atoms with E-state index in [-0.39, 0.29) is 0 Å². The monoisotopic (exact) mass is 289 g/mol. The third kappa shape index (κ3) is 3.53. The van der Waals surface area contributed by atoms with Crippen molar-refractivity contribution in [3.05, 3.63) is 34.4 Å². The fraction of sp³-hybridized carbons (Fsp3) is 0.625. The second-order valence-corrected chi connectivity index (χ2v) is 5.95. The summed E-state index contributed by atoms with van der Waals surface area (Å²) in [7, 11) is 2.00. The minimum atomic E-state index is 0.483. The summed E-state index contributed by atoms with van der Waals surface area (Å²) in [6.45, 7) is 12.3. The minimum Gasteiger partial charge on any atom is -0.310 e. The SMILES string of the molecule is CCc1cc(Cn2nc(C)c(CNC(C)C)c2C)n(C)n1. The average molecular weight is 289 g/mol. The highest BCUT2D eigenvalue weighted by Crippen LogP contribution is 2.15. The number of rotatable bonds is 6. The van der Waals surface area contributed by atoms with E-state index < -0.39 is 0 Å². The predicted molar refractivity (Wildman–Crippen MR) is 85.4 cm³/mol. The van der Waals surface area contributed by atoms with Gasteiger partial charge in [-0.3, -0.25) is 9.36 Å². The zero-order valence-electron chi connectivity index (χ0n) is 14.1. The molecular weight excluding hydrogens is 262 g/mol. The lowest BCUT2D eigenvalue weighted by atomic mass is 10.2. The number of aromatic nitrogens is 4. The number of nitrogens with one attached hydrogen (secondary N) is 1. The van der Waals surface area contributed by atoms with E-state index in [0.717, 1.165) is 30.9 Å². The van der Waals surface area contributed by atoms with Gasteiger partial charge >= 0.3 is 0 Å². The lowest BCUT2D eigenvalue weighted by Crippen LogP contribution is -2.22. The van der Waals surface area contributed by atoms with Crippen LogP contribution < -0.4 is 5.32 Å². The van der Waals surface area contributed by atoms with Gasteiger partial charge in [-0.2, -0.15) is 10.2 Å². The molecular formula is C16H27N5. The normalized spacial score (nSPS) is 11.6. The maximum Gasteiger partial charge on any atom is 0.0831 e. The van der Waals surface area contributed by atoms with Crippen LogP contribution in [0.4, 0.5) is 0 Å². The van der Waals surface area contributed by atoms with Gasteiger partial charge in [-0.1, -0.05) is 20.8 Å². The smallest absolute Gasteiger partial charge is 0.0831 e. The molecule has 0 bridgehead atoms. The molecule has 0 aliphatic rings. The maximum absolute atomic E-state index is 4.70. The summed E-state index contributed by atoms with van der Waals surface area (Å²) in [4.78, 5) is 0. The van der Waals surface area contributed by atoms with Crippen LogP contribution >= 0.6 is 0 Å². The van der Waals surface area contributed by atoms with E-state index in [1.807, 2.05) is 11.7 Å². The highest BCUT2D eigenvalue weighted by atomic mass is 15.3. The van der Waals surface area contributed by atoms with Gasteiger partial charge in [0.15, 0.2) is 0 Å². The molecule has 0 atom stereocenters. The molecule has 5 nitrogen and oxygen atoms in total. The highest BCUT2D eigenvalue weighted by molar-refractivity contribution is 5.25. The number of hydrogen-bond acceptors (Lipinski definition) is 3. The van der Waals surface area contributed by atoms with Gasteiger partial charge in [0.05, 0.1) is 23.6 Å². The Kier molecular flexibility index (Phi) is 4.83. The molecule has 0 unspecified atom stereocenters. The Balaban J connectivity index is 2.20. The Hall–Kier alpha value is -1.62. The van der Waals surface area contributed by atoms with Crippen LogP contribution in [-0.4, -0.2) is 25.6 Å². The third-order valence-electron chi connectivity index (χ3n) is 3.92. The van der Waals surface area contributed by atoms with Crippen LogP contribution in [0.25, 0.3) is 0 Å². The van der Waals surface area contributed by atoms with Crippen molar-refractivity contribution in [1.82, 2.24) is 24.9 Å². The number of aryl methyl sites for hydroxylation is 3. The van der Waals surface area contributed by atoms with Crippen molar-refractivity contribution in [2.75, 3.05) is 0 Å². The molecule has 0 aliphatic carbocycles. The quantitative estimate of drug-likeness (QED) is 0.888. The molecule has 116 valence electrons. The molecule has 0 aromatic carbocycles. The molecule has 0 saturated heterocycles. The maximum atomic E-state index is 4.70. The van der Waals surface area contributed by atoms with Crippen LogP contribution in [0.2, 0.25) is 0 Å². The molecule has 5 heteroatoms. The molecule has 0 spiro atoms. The van der Waals surface area contributed by atoms with Gasteiger partial charge < -0.3 is 5.32 Å². The molecule has 1 N–H and O–H groups in total. The summed E-state index contributed by atoms with van der Waals surface area (Å²) in [6.07, 6.45) is 0.967. The van der Waals surface area contributed by atoms with Crippen LogP contribution in [0.1, 0.15) is 49.1 Å². The van der Waals surface area contributed by atoms with E-state index in [0.29, 0.717) is 6.04 Å². The third-order valence-corrected chi connectivity index (χ3v) is 3.92. The molecule has 0 amide bonds. The van der Waals surface area contributed by atoms with E-state index >= 15 is 0 Å². The van der Waals surface area contributed by atoms with Crippen LogP contribution in [0.3, 0.4) is 0 Å². The van der Waals surface area contributed by atoms with Crippen LogP contribution in [0, 0.1) is 13.8 Å². The first kappa shape index (κ1) is 15.8. The Morgan fingerprint density at radius 2 is 1.95 bits per heavy atom. The summed E-state index contributed by atoms with van der Waals surface area (Å²) in [5.74, 6) is 0. The van der Waals surface area contributed by atoms with Gasteiger partial charge in [0.25, 0.3) is 0 Å². The van der Waals surface area contributed by atoms with E-state index in [9.17, 15) is 0 Å². The van der Waals surface area contributed by atoms with Crippen molar-refractivity contribution >= 4 is 0 Å². The fourth-order valence-electron chi connectivity index (χ4n) is 2.50. The van der Waals surface area contributed by atoms with Gasteiger partial charge in [-0.25, -0.2) is 0 Å².